The van der Waals surface area contributed by atoms with Gasteiger partial charge >= 0.3 is 0 Å². The highest BCUT2D eigenvalue weighted by atomic mass is 35.5. The molecule has 6 atom stereocenters. The number of rotatable bonds is 6. The number of amides is 2. The van der Waals surface area contributed by atoms with Crippen LogP contribution >= 0.6 is 11.6 Å². The minimum Gasteiger partial charge on any atom is -0.490 e. The first-order valence-corrected chi connectivity index (χ1v) is 21.4. The second-order valence-corrected chi connectivity index (χ2v) is 18.7. The fourth-order valence-electron chi connectivity index (χ4n) is 9.49. The van der Waals surface area contributed by atoms with E-state index in [1.54, 1.807) is 33.3 Å². The van der Waals surface area contributed by atoms with E-state index in [9.17, 15) is 18.0 Å². The van der Waals surface area contributed by atoms with Crippen LogP contribution in [0.1, 0.15) is 67.4 Å². The molecule has 11 nitrogen and oxygen atoms in total. The number of ether oxygens (including phenoxy) is 3. The number of hydrogen-bond donors (Lipinski definition) is 1. The lowest BCUT2D eigenvalue weighted by Gasteiger charge is -2.52. The number of methoxy groups -OCH3 is 2. The number of sulfonamides is 1. The van der Waals surface area contributed by atoms with Gasteiger partial charge in [0.1, 0.15) is 11.4 Å². The summed E-state index contributed by atoms with van der Waals surface area (Å²) in [5, 5.41) is -0.104. The van der Waals surface area contributed by atoms with Crippen LogP contribution in [-0.4, -0.2) is 114 Å². The van der Waals surface area contributed by atoms with Crippen LogP contribution in [0.15, 0.2) is 48.6 Å². The van der Waals surface area contributed by atoms with E-state index in [2.05, 4.69) is 38.8 Å². The van der Waals surface area contributed by atoms with Crippen LogP contribution in [-0.2, 0) is 36.1 Å². The Kier molecular flexibility index (Phi) is 11.4. The topological polar surface area (TPSA) is 118 Å². The Morgan fingerprint density at radius 2 is 1.91 bits per heavy atom. The van der Waals surface area contributed by atoms with Crippen molar-refractivity contribution in [1.29, 1.82) is 0 Å². The number of nitrogens with one attached hydrogen (secondary N) is 1. The number of halogens is 1. The summed E-state index contributed by atoms with van der Waals surface area (Å²) in [4.78, 5) is 33.4. The lowest BCUT2D eigenvalue weighted by molar-refractivity contribution is -0.140. The summed E-state index contributed by atoms with van der Waals surface area (Å²) < 4.78 is 48.1. The van der Waals surface area contributed by atoms with Crippen molar-refractivity contribution < 1.29 is 32.2 Å². The summed E-state index contributed by atoms with van der Waals surface area (Å²) in [6.07, 6.45) is 9.54. The molecule has 1 saturated heterocycles. The maximum atomic E-state index is 13.6. The van der Waals surface area contributed by atoms with E-state index in [4.69, 9.17) is 25.8 Å². The summed E-state index contributed by atoms with van der Waals surface area (Å²) in [7, 11) is -0.588. The SMILES string of the molecule is COCCN1CCN(C[C@@]2(OC)/C=C\C[C@H](C)[C@@H](C)S(=O)(=O)NC(=O)c3ccc4c(c3)N(C[C@@H]3CC[C@H]32)C[C@@]2(CCCc3cc(Cl)ccc32)CO4)CC1=O. The maximum Gasteiger partial charge on any atom is 0.264 e. The molecule has 2 aromatic rings. The number of carbonyl (C=O) groups is 2. The van der Waals surface area contributed by atoms with Gasteiger partial charge in [-0.3, -0.25) is 14.5 Å². The minimum atomic E-state index is -4.00. The molecule has 2 fully saturated rings. The van der Waals surface area contributed by atoms with E-state index in [0.29, 0.717) is 64.7 Å². The van der Waals surface area contributed by atoms with Crippen molar-refractivity contribution in [2.24, 2.45) is 17.8 Å². The Morgan fingerprint density at radius 1 is 1.07 bits per heavy atom. The van der Waals surface area contributed by atoms with Gasteiger partial charge in [0.15, 0.2) is 0 Å². The predicted octanol–water partition coefficient (Wildman–Crippen LogP) is 5.06. The molecule has 3 heterocycles. The normalized spacial score (nSPS) is 32.1. The van der Waals surface area contributed by atoms with Gasteiger partial charge in [0, 0.05) is 69.5 Å². The lowest BCUT2D eigenvalue weighted by atomic mass is 9.63. The van der Waals surface area contributed by atoms with Crippen LogP contribution in [0.3, 0.4) is 0 Å². The van der Waals surface area contributed by atoms with Gasteiger partial charge < -0.3 is 24.0 Å². The van der Waals surface area contributed by atoms with Gasteiger partial charge in [-0.1, -0.05) is 36.7 Å². The third-order valence-electron chi connectivity index (χ3n) is 13.0. The molecule has 13 heteroatoms. The third kappa shape index (κ3) is 7.65. The highest BCUT2D eigenvalue weighted by Gasteiger charge is 2.50. The van der Waals surface area contributed by atoms with Crippen LogP contribution in [0, 0.1) is 17.8 Å². The van der Waals surface area contributed by atoms with Gasteiger partial charge in [0.25, 0.3) is 5.91 Å². The van der Waals surface area contributed by atoms with Crippen molar-refractivity contribution in [3.8, 4) is 5.75 Å². The molecule has 2 amide bonds. The number of allylic oxidation sites excluding steroid dienone is 1. The molecule has 2 aromatic carbocycles. The fourth-order valence-corrected chi connectivity index (χ4v) is 11.0. The van der Waals surface area contributed by atoms with E-state index in [1.165, 1.54) is 11.1 Å². The Morgan fingerprint density at radius 3 is 2.65 bits per heavy atom. The molecule has 0 unspecified atom stereocenters. The number of benzene rings is 2. The van der Waals surface area contributed by atoms with Crippen LogP contribution in [0.4, 0.5) is 5.69 Å². The molecule has 1 saturated carbocycles. The molecule has 1 spiro atoms. The number of aryl methyl sites for hydroxylation is 1. The summed E-state index contributed by atoms with van der Waals surface area (Å²) in [5.41, 5.74) is 2.54. The van der Waals surface area contributed by atoms with E-state index in [0.717, 1.165) is 49.4 Å². The Bertz CT molecular complexity index is 1870. The van der Waals surface area contributed by atoms with Crippen LogP contribution in [0.25, 0.3) is 0 Å². The average Bonchev–Trinajstić information content (AvgIpc) is 3.28. The van der Waals surface area contributed by atoms with Crippen molar-refractivity contribution >= 4 is 39.1 Å². The maximum absolute atomic E-state index is 13.6. The summed E-state index contributed by atoms with van der Waals surface area (Å²) >= 11 is 6.49. The first kappa shape index (κ1) is 39.1. The quantitative estimate of drug-likeness (QED) is 0.402. The van der Waals surface area contributed by atoms with Crippen LogP contribution in [0.2, 0.25) is 5.02 Å². The molecule has 1 N–H and O–H groups in total. The number of nitrogens with zero attached hydrogens (tertiary/aromatic N) is 3. The standard InChI is InChI=1S/C41H55ClN4O7S/c1-28-7-5-16-41(52-4,26-44-17-18-45(19-20-51-3)38(47)24-44)35-12-9-32(35)23-46-25-40(15-6-8-30-21-33(42)11-13-34(30)40)27-53-37-14-10-31(22-36(37)46)39(48)43-54(49,50)29(28)2/h5,10-11,13-14,16,21-22,28-29,32,35H,6-9,12,15,17-20,23-27H2,1-4H3,(H,43,48)/b16-5-/t28-,29+,32-,35+,40-,41-/m0/s1. The number of carbonyl (C=O) groups excluding carboxylic acids is 2. The smallest absolute Gasteiger partial charge is 0.264 e. The van der Waals surface area contributed by atoms with Gasteiger partial charge in [-0.2, -0.15) is 0 Å². The first-order valence-electron chi connectivity index (χ1n) is 19.5. The lowest BCUT2D eigenvalue weighted by Crippen LogP contribution is -2.60. The number of piperazine rings is 1. The largest absolute Gasteiger partial charge is 0.490 e. The average molecular weight is 783 g/mol. The van der Waals surface area contributed by atoms with Crippen molar-refractivity contribution in [2.75, 3.05) is 78.1 Å². The van der Waals surface area contributed by atoms with Gasteiger partial charge in [0.05, 0.1) is 30.7 Å². The van der Waals surface area contributed by atoms with Crippen molar-refractivity contribution in [3.05, 3.63) is 70.3 Å². The highest BCUT2D eigenvalue weighted by Crippen LogP contribution is 2.49. The second kappa shape index (κ2) is 15.8. The molecule has 7 rings (SSSR count). The third-order valence-corrected chi connectivity index (χ3v) is 15.2. The summed E-state index contributed by atoms with van der Waals surface area (Å²) in [6.45, 7) is 8.67. The number of anilines is 1. The zero-order valence-corrected chi connectivity index (χ0v) is 33.6. The summed E-state index contributed by atoms with van der Waals surface area (Å²) in [6, 6.07) is 11.5. The molecular weight excluding hydrogens is 728 g/mol. The van der Waals surface area contributed by atoms with Gasteiger partial charge in [0.2, 0.25) is 15.9 Å². The first-order chi connectivity index (χ1) is 25.9. The second-order valence-electron chi connectivity index (χ2n) is 16.3. The molecule has 2 bridgehead atoms. The molecule has 0 aromatic heterocycles. The Balaban J connectivity index is 1.28. The van der Waals surface area contributed by atoms with Crippen LogP contribution < -0.4 is 14.4 Å². The highest BCUT2D eigenvalue weighted by molar-refractivity contribution is 7.90. The zero-order chi connectivity index (χ0) is 38.3. The zero-order valence-electron chi connectivity index (χ0n) is 32.0. The fraction of sp³-hybridized carbons (Fsp3) is 0.610. The molecule has 3 aliphatic heterocycles. The molecule has 54 heavy (non-hydrogen) atoms. The predicted molar refractivity (Wildman–Crippen MR) is 210 cm³/mol. The van der Waals surface area contributed by atoms with Gasteiger partial charge in [-0.05, 0) is 105 Å². The summed E-state index contributed by atoms with van der Waals surface area (Å²) in [5.74, 6) is 0.210. The Hall–Kier alpha value is -3.16. The molecule has 5 aliphatic rings. The minimum absolute atomic E-state index is 0.0814. The molecule has 294 valence electrons. The van der Waals surface area contributed by atoms with E-state index in [1.807, 2.05) is 24.0 Å². The van der Waals surface area contributed by atoms with E-state index in [-0.39, 0.29) is 34.6 Å². The van der Waals surface area contributed by atoms with Crippen molar-refractivity contribution in [1.82, 2.24) is 14.5 Å². The number of hydrogen-bond acceptors (Lipinski definition) is 9. The van der Waals surface area contributed by atoms with Gasteiger partial charge in [-0.25, -0.2) is 13.1 Å². The monoisotopic (exact) mass is 782 g/mol. The van der Waals surface area contributed by atoms with Crippen molar-refractivity contribution in [2.45, 2.75) is 68.6 Å². The molecular formula is C41H55ClN4O7S. The van der Waals surface area contributed by atoms with E-state index >= 15 is 0 Å². The van der Waals surface area contributed by atoms with Crippen molar-refractivity contribution in [3.63, 3.8) is 0 Å². The molecule has 2 aliphatic carbocycles. The van der Waals surface area contributed by atoms with E-state index < -0.39 is 26.8 Å². The van der Waals surface area contributed by atoms with Gasteiger partial charge in [-0.15, -0.1) is 0 Å². The number of fused-ring (bicyclic) bond motifs is 4. The molecule has 0 radical (unpaired) electrons. The Labute approximate surface area is 325 Å². The van der Waals surface area contributed by atoms with Crippen LogP contribution in [0.5, 0.6) is 5.75 Å².